The first-order chi connectivity index (χ1) is 8.78. The number of amides is 1. The van der Waals surface area contributed by atoms with E-state index in [4.69, 9.17) is 4.74 Å². The summed E-state index contributed by atoms with van der Waals surface area (Å²) < 4.78 is 5.17. The van der Waals surface area contributed by atoms with E-state index in [2.05, 4.69) is 15.5 Å². The summed E-state index contributed by atoms with van der Waals surface area (Å²) in [6.07, 6.45) is 4.04. The van der Waals surface area contributed by atoms with Crippen LogP contribution in [0, 0.1) is 0 Å². The predicted octanol–water partition coefficient (Wildman–Crippen LogP) is 1.89. The van der Waals surface area contributed by atoms with Crippen molar-refractivity contribution < 1.29 is 9.53 Å². The monoisotopic (exact) mass is 243 g/mol. The van der Waals surface area contributed by atoms with Crippen LogP contribution < -0.4 is 10.1 Å². The number of ether oxygens (including phenoxy) is 1. The molecule has 2 heterocycles. The lowest BCUT2D eigenvalue weighted by atomic mass is 9.86. The van der Waals surface area contributed by atoms with Gasteiger partial charge in [-0.3, -0.25) is 9.89 Å². The van der Waals surface area contributed by atoms with Crippen molar-refractivity contribution >= 4 is 11.6 Å². The number of nitrogens with one attached hydrogen (secondary N) is 2. The molecule has 18 heavy (non-hydrogen) atoms. The number of carbonyl (C=O) groups is 1. The van der Waals surface area contributed by atoms with Crippen molar-refractivity contribution in [1.29, 1.82) is 0 Å². The molecule has 1 unspecified atom stereocenters. The molecule has 3 rings (SSSR count). The quantitative estimate of drug-likeness (QED) is 0.846. The Hall–Kier alpha value is -2.30. The molecule has 5 nitrogen and oxygen atoms in total. The Bertz CT molecular complexity index is 578. The number of anilines is 1. The van der Waals surface area contributed by atoms with Crippen molar-refractivity contribution in [3.05, 3.63) is 41.7 Å². The van der Waals surface area contributed by atoms with Crippen molar-refractivity contribution in [2.24, 2.45) is 0 Å². The highest BCUT2D eigenvalue weighted by molar-refractivity contribution is 5.95. The Kier molecular flexibility index (Phi) is 2.51. The molecule has 0 spiro atoms. The number of benzene rings is 1. The normalized spacial score (nSPS) is 18.1. The van der Waals surface area contributed by atoms with Crippen LogP contribution in [-0.4, -0.2) is 23.2 Å². The van der Waals surface area contributed by atoms with Crippen LogP contribution in [0.4, 0.5) is 5.69 Å². The Morgan fingerprint density at radius 2 is 2.33 bits per heavy atom. The predicted molar refractivity (Wildman–Crippen MR) is 66.7 cm³/mol. The van der Waals surface area contributed by atoms with Crippen LogP contribution in [0.5, 0.6) is 5.75 Å². The molecule has 1 amide bonds. The minimum atomic E-state index is 0.0157. The summed E-state index contributed by atoms with van der Waals surface area (Å²) in [4.78, 5) is 11.7. The minimum Gasteiger partial charge on any atom is -0.497 e. The minimum absolute atomic E-state index is 0.0157. The fourth-order valence-corrected chi connectivity index (χ4v) is 2.32. The van der Waals surface area contributed by atoms with Gasteiger partial charge in [0.05, 0.1) is 13.3 Å². The van der Waals surface area contributed by atoms with Crippen molar-refractivity contribution in [2.45, 2.75) is 12.3 Å². The van der Waals surface area contributed by atoms with Gasteiger partial charge in [0.1, 0.15) is 5.75 Å². The van der Waals surface area contributed by atoms with Crippen LogP contribution in [0.15, 0.2) is 30.6 Å². The third-order valence-electron chi connectivity index (χ3n) is 3.22. The second-order valence-electron chi connectivity index (χ2n) is 4.29. The van der Waals surface area contributed by atoms with Crippen LogP contribution in [0.25, 0.3) is 0 Å². The van der Waals surface area contributed by atoms with Gasteiger partial charge in [0.25, 0.3) is 0 Å². The lowest BCUT2D eigenvalue weighted by molar-refractivity contribution is -0.116. The molecule has 0 aliphatic carbocycles. The van der Waals surface area contributed by atoms with E-state index in [0.29, 0.717) is 6.42 Å². The number of hydrogen-bond donors (Lipinski definition) is 2. The van der Waals surface area contributed by atoms with Gasteiger partial charge in [0.2, 0.25) is 5.91 Å². The van der Waals surface area contributed by atoms with E-state index < -0.39 is 0 Å². The average Bonchev–Trinajstić information content (AvgIpc) is 2.90. The number of H-pyrrole nitrogens is 1. The van der Waals surface area contributed by atoms with E-state index in [-0.39, 0.29) is 11.8 Å². The molecule has 0 fully saturated rings. The molecule has 0 saturated carbocycles. The molecular formula is C13H13N3O2. The SMILES string of the molecule is COc1ccc2c(c1)NC(=O)CC2c1cn[nH]c1. The Labute approximate surface area is 104 Å². The first kappa shape index (κ1) is 10.8. The molecule has 0 radical (unpaired) electrons. The van der Waals surface area contributed by atoms with Crippen molar-refractivity contribution in [1.82, 2.24) is 10.2 Å². The Morgan fingerprint density at radius 1 is 1.44 bits per heavy atom. The smallest absolute Gasteiger partial charge is 0.225 e. The first-order valence-corrected chi connectivity index (χ1v) is 5.74. The number of aromatic amines is 1. The van der Waals surface area contributed by atoms with Crippen molar-refractivity contribution in [2.75, 3.05) is 12.4 Å². The summed E-state index contributed by atoms with van der Waals surface area (Å²) in [5.41, 5.74) is 2.94. The van der Waals surface area contributed by atoms with E-state index in [9.17, 15) is 4.79 Å². The largest absolute Gasteiger partial charge is 0.497 e. The topological polar surface area (TPSA) is 67.0 Å². The van der Waals surface area contributed by atoms with Gasteiger partial charge in [0.15, 0.2) is 0 Å². The van der Waals surface area contributed by atoms with Gasteiger partial charge >= 0.3 is 0 Å². The van der Waals surface area contributed by atoms with Crippen molar-refractivity contribution in [3.63, 3.8) is 0 Å². The number of nitrogens with zero attached hydrogens (tertiary/aromatic N) is 1. The molecule has 5 heteroatoms. The van der Waals surface area contributed by atoms with Gasteiger partial charge < -0.3 is 10.1 Å². The highest BCUT2D eigenvalue weighted by Gasteiger charge is 2.27. The third kappa shape index (κ3) is 1.73. The van der Waals surface area contributed by atoms with Gasteiger partial charge in [-0.25, -0.2) is 0 Å². The van der Waals surface area contributed by atoms with Gasteiger partial charge in [-0.1, -0.05) is 6.07 Å². The van der Waals surface area contributed by atoms with Gasteiger partial charge in [-0.2, -0.15) is 5.10 Å². The molecule has 92 valence electrons. The fourth-order valence-electron chi connectivity index (χ4n) is 2.32. The van der Waals surface area contributed by atoms with Crippen LogP contribution in [-0.2, 0) is 4.79 Å². The van der Waals surface area contributed by atoms with Gasteiger partial charge in [-0.15, -0.1) is 0 Å². The van der Waals surface area contributed by atoms with E-state index in [1.54, 1.807) is 13.3 Å². The van der Waals surface area contributed by atoms with Crippen LogP contribution >= 0.6 is 0 Å². The summed E-state index contributed by atoms with van der Waals surface area (Å²) in [5, 5.41) is 9.61. The van der Waals surface area contributed by atoms with Crippen molar-refractivity contribution in [3.8, 4) is 5.75 Å². The molecule has 0 bridgehead atoms. The van der Waals surface area contributed by atoms with Crippen LogP contribution in [0.1, 0.15) is 23.5 Å². The summed E-state index contributed by atoms with van der Waals surface area (Å²) in [5.74, 6) is 0.808. The summed E-state index contributed by atoms with van der Waals surface area (Å²) in [6.45, 7) is 0. The third-order valence-corrected chi connectivity index (χ3v) is 3.22. The first-order valence-electron chi connectivity index (χ1n) is 5.74. The highest BCUT2D eigenvalue weighted by atomic mass is 16.5. The maximum Gasteiger partial charge on any atom is 0.225 e. The number of carbonyl (C=O) groups excluding carboxylic acids is 1. The lowest BCUT2D eigenvalue weighted by Crippen LogP contribution is -2.23. The molecular weight excluding hydrogens is 230 g/mol. The molecule has 0 saturated heterocycles. The molecule has 1 aromatic carbocycles. The molecule has 1 aliphatic heterocycles. The summed E-state index contributed by atoms with van der Waals surface area (Å²) in [6, 6.07) is 5.74. The second-order valence-corrected chi connectivity index (χ2v) is 4.29. The van der Waals surface area contributed by atoms with Gasteiger partial charge in [-0.05, 0) is 17.2 Å². The summed E-state index contributed by atoms with van der Waals surface area (Å²) in [7, 11) is 1.61. The molecule has 1 aromatic heterocycles. The molecule has 2 N–H and O–H groups in total. The van der Waals surface area contributed by atoms with E-state index >= 15 is 0 Å². The number of rotatable bonds is 2. The molecule has 1 atom stereocenters. The second kappa shape index (κ2) is 4.18. The van der Waals surface area contributed by atoms with E-state index in [0.717, 1.165) is 22.6 Å². The highest BCUT2D eigenvalue weighted by Crippen LogP contribution is 2.38. The van der Waals surface area contributed by atoms with E-state index in [1.807, 2.05) is 24.4 Å². The Balaban J connectivity index is 2.08. The number of hydrogen-bond acceptors (Lipinski definition) is 3. The maximum atomic E-state index is 11.7. The standard InChI is InChI=1S/C13H13N3O2/c1-18-9-2-3-10-11(8-6-14-15-7-8)5-13(17)16-12(10)4-9/h2-4,6-7,11H,5H2,1H3,(H,14,15)(H,16,17). The maximum absolute atomic E-state index is 11.7. The van der Waals surface area contributed by atoms with E-state index in [1.165, 1.54) is 0 Å². The fraction of sp³-hybridized carbons (Fsp3) is 0.231. The van der Waals surface area contributed by atoms with Crippen LogP contribution in [0.2, 0.25) is 0 Å². The zero-order valence-electron chi connectivity index (χ0n) is 9.93. The number of fused-ring (bicyclic) bond motifs is 1. The number of aromatic nitrogens is 2. The van der Waals surface area contributed by atoms with Gasteiger partial charge in [0, 0.05) is 30.3 Å². The average molecular weight is 243 g/mol. The lowest BCUT2D eigenvalue weighted by Gasteiger charge is -2.25. The molecule has 2 aromatic rings. The zero-order valence-corrected chi connectivity index (χ0v) is 9.93. The van der Waals surface area contributed by atoms with Crippen LogP contribution in [0.3, 0.4) is 0 Å². The zero-order chi connectivity index (χ0) is 12.5. The number of methoxy groups -OCH3 is 1. The Morgan fingerprint density at radius 3 is 3.06 bits per heavy atom. The molecule has 1 aliphatic rings. The summed E-state index contributed by atoms with van der Waals surface area (Å²) >= 11 is 0.